The Morgan fingerprint density at radius 1 is 1.12 bits per heavy atom. The van der Waals surface area contributed by atoms with E-state index in [1.54, 1.807) is 30.3 Å². The molecule has 2 aliphatic heterocycles. The maximum Gasteiger partial charge on any atom is 0.407 e. The lowest BCUT2D eigenvalue weighted by Gasteiger charge is -2.27. The maximum atomic E-state index is 16.0. The topological polar surface area (TPSA) is 186 Å². The van der Waals surface area contributed by atoms with Gasteiger partial charge in [-0.1, -0.05) is 64.0 Å². The fourth-order valence-electron chi connectivity index (χ4n) is 7.01. The molecule has 2 saturated carbocycles. The van der Waals surface area contributed by atoms with E-state index in [1.165, 1.54) is 6.08 Å². The highest BCUT2D eigenvalue weighted by molar-refractivity contribution is 7.91. The third kappa shape index (κ3) is 9.64. The Morgan fingerprint density at radius 3 is 2.57 bits per heavy atom. The Labute approximate surface area is 329 Å². The van der Waals surface area contributed by atoms with Gasteiger partial charge in [-0.05, 0) is 68.6 Å². The van der Waals surface area contributed by atoms with Crippen molar-refractivity contribution < 1.29 is 50.1 Å². The zero-order valence-electron chi connectivity index (χ0n) is 31.9. The number of allylic oxidation sites excluding steroid dienone is 3. The number of ether oxygens (including phenoxy) is 2. The maximum absolute atomic E-state index is 16.0. The number of para-hydroxylation sites is 2. The molecule has 2 aromatic rings. The summed E-state index contributed by atoms with van der Waals surface area (Å²) in [5.74, 6) is -6.98. The summed E-state index contributed by atoms with van der Waals surface area (Å²) in [6.07, 6.45) is 8.92. The fraction of sp³-hybridized carbons (Fsp3) is 0.590. The van der Waals surface area contributed by atoms with Crippen molar-refractivity contribution in [3.8, 4) is 5.88 Å². The predicted octanol–water partition coefficient (Wildman–Crippen LogP) is 5.53. The van der Waals surface area contributed by atoms with Crippen molar-refractivity contribution in [2.24, 2.45) is 11.3 Å². The number of amides is 4. The number of alkyl halides is 2. The molecule has 0 unspecified atom stereocenters. The van der Waals surface area contributed by atoms with Crippen molar-refractivity contribution in [3.05, 3.63) is 54.3 Å². The molecule has 1 saturated heterocycles. The first-order valence-corrected chi connectivity index (χ1v) is 20.8. The van der Waals surface area contributed by atoms with Crippen molar-refractivity contribution >= 4 is 44.9 Å². The Morgan fingerprint density at radius 2 is 1.86 bits per heavy atom. The summed E-state index contributed by atoms with van der Waals surface area (Å²) in [5.41, 5.74) is -2.45. The molecule has 1 aromatic heterocycles. The number of halogens is 2. The van der Waals surface area contributed by atoms with Crippen LogP contribution in [0.25, 0.3) is 11.0 Å². The van der Waals surface area contributed by atoms with E-state index in [0.29, 0.717) is 19.3 Å². The molecule has 0 radical (unpaired) electrons. The number of aromatic nitrogens is 2. The Hall–Kier alpha value is -4.67. The van der Waals surface area contributed by atoms with E-state index in [9.17, 15) is 27.6 Å². The smallest absolute Gasteiger partial charge is 0.407 e. The summed E-state index contributed by atoms with van der Waals surface area (Å²) in [7, 11) is -3.96. The van der Waals surface area contributed by atoms with E-state index in [-0.39, 0.29) is 47.7 Å². The molecule has 4 atom stereocenters. The minimum absolute atomic E-state index is 0. The van der Waals surface area contributed by atoms with Gasteiger partial charge in [-0.2, -0.15) is 8.78 Å². The molecule has 3 heterocycles. The molecule has 2 aliphatic carbocycles. The first-order chi connectivity index (χ1) is 26.5. The quantitative estimate of drug-likeness (QED) is 0.204. The predicted molar refractivity (Wildman–Crippen MR) is 208 cm³/mol. The summed E-state index contributed by atoms with van der Waals surface area (Å²) >= 11 is 0. The number of nitrogens with one attached hydrogen (secondary N) is 3. The van der Waals surface area contributed by atoms with E-state index in [4.69, 9.17) is 9.47 Å². The molecule has 310 valence electrons. The molecule has 6 rings (SSSR count). The molecule has 0 spiro atoms. The zero-order valence-corrected chi connectivity index (χ0v) is 32.7. The van der Waals surface area contributed by atoms with Crippen molar-refractivity contribution in [1.29, 1.82) is 0 Å². The second kappa shape index (κ2) is 16.4. The van der Waals surface area contributed by atoms with Crippen LogP contribution in [0.15, 0.2) is 48.6 Å². The van der Waals surface area contributed by atoms with Gasteiger partial charge in [-0.25, -0.2) is 23.2 Å². The summed E-state index contributed by atoms with van der Waals surface area (Å²) in [5, 5.41) is 4.51. The summed E-state index contributed by atoms with van der Waals surface area (Å²) in [6.45, 7) is 4.80. The molecular formula is C39H56F2N6O8S. The average Bonchev–Trinajstić information content (AvgIpc) is 4.08. The monoisotopic (exact) mass is 806 g/mol. The highest BCUT2D eigenvalue weighted by atomic mass is 32.2. The number of cyclic esters (lactones) is 1. The van der Waals surface area contributed by atoms with Gasteiger partial charge in [-0.3, -0.25) is 19.1 Å². The van der Waals surface area contributed by atoms with Crippen molar-refractivity contribution in [2.45, 2.75) is 114 Å². The van der Waals surface area contributed by atoms with Gasteiger partial charge in [0.25, 0.3) is 5.91 Å². The molecule has 4 aliphatic rings. The number of sulfonamides is 1. The van der Waals surface area contributed by atoms with E-state index < -0.39 is 92.1 Å². The van der Waals surface area contributed by atoms with Gasteiger partial charge in [0.15, 0.2) is 5.69 Å². The van der Waals surface area contributed by atoms with Gasteiger partial charge in [-0.15, -0.1) is 0 Å². The van der Waals surface area contributed by atoms with Gasteiger partial charge in [0.2, 0.25) is 27.7 Å². The number of unbranched alkanes of at least 4 members (excludes halogenated alkanes) is 3. The Bertz CT molecular complexity index is 2020. The number of carbonyl (C=O) groups excluding carboxylic acids is 4. The van der Waals surface area contributed by atoms with Crippen LogP contribution in [-0.4, -0.2) is 89.7 Å². The van der Waals surface area contributed by atoms with Gasteiger partial charge >= 0.3 is 12.0 Å². The molecule has 56 heavy (non-hydrogen) atoms. The molecule has 14 nitrogen and oxygen atoms in total. The SMILES string of the molecule is CCCCC/C=C\[C@@H]1C[C@]1(NC(=O)[C@@H]1C[C@@H]2CN1C(=O)CNC(=O)OCC(C)(C)CC/C=C/C(F)(F)c1nc3ccccc3nc1O2)C(=O)NS(=O)(=O)C1CC1.[HH].[HH].[HH]. The van der Waals surface area contributed by atoms with Crippen LogP contribution in [0, 0.1) is 11.3 Å². The van der Waals surface area contributed by atoms with Gasteiger partial charge in [0.1, 0.15) is 24.2 Å². The van der Waals surface area contributed by atoms with Crippen LogP contribution in [0.1, 0.15) is 95.0 Å². The van der Waals surface area contributed by atoms with Gasteiger partial charge in [0.05, 0.1) is 29.4 Å². The number of rotatable bonds is 10. The summed E-state index contributed by atoms with van der Waals surface area (Å²) in [4.78, 5) is 64.1. The minimum atomic E-state index is -3.96. The molecule has 1 aromatic carbocycles. The number of carbonyl (C=O) groups is 4. The van der Waals surface area contributed by atoms with E-state index in [0.717, 1.165) is 36.7 Å². The average molecular weight is 807 g/mol. The molecular weight excluding hydrogens is 751 g/mol. The second-order valence-corrected chi connectivity index (χ2v) is 17.9. The van der Waals surface area contributed by atoms with Crippen LogP contribution >= 0.6 is 0 Å². The molecule has 3 fully saturated rings. The highest BCUT2D eigenvalue weighted by Gasteiger charge is 2.62. The third-order valence-electron chi connectivity index (χ3n) is 10.6. The standard InChI is InChI=1S/C39H50F2N6O8S.3H2/c1-4-5-6-7-8-13-25-21-38(25,35(50)46-56(52,53)27-16-17-27)45-33(49)30-20-26-23-47(30)31(48)22-42-36(51)54-24-37(2,3)18-11-12-19-39(40,41)32-34(55-26)44-29-15-10-9-14-28(29)43-32;;;/h8-10,12-15,19,25-27,30H,4-7,11,16-18,20-24H2,1-3H3,(H,42,51)(H,45,49)(H,46,50);3*1H/b13-8-,19-12+;;;/t25-,26-,30+,38-;;;/m1.../s1. The lowest BCUT2D eigenvalue weighted by Crippen LogP contribution is -2.57. The molecule has 17 heteroatoms. The Balaban J connectivity index is 0.00000310. The second-order valence-electron chi connectivity index (χ2n) is 15.9. The number of alkyl carbamates (subject to hydrolysis) is 1. The number of nitrogens with zero attached hydrogens (tertiary/aromatic N) is 3. The lowest BCUT2D eigenvalue weighted by atomic mass is 9.89. The van der Waals surface area contributed by atoms with Crippen LogP contribution < -0.4 is 20.1 Å². The van der Waals surface area contributed by atoms with Gasteiger partial charge < -0.3 is 25.0 Å². The molecule has 3 N–H and O–H groups in total. The van der Waals surface area contributed by atoms with Gasteiger partial charge in [0, 0.05) is 16.6 Å². The van der Waals surface area contributed by atoms with Crippen LogP contribution in [-0.2, 0) is 35.1 Å². The third-order valence-corrected chi connectivity index (χ3v) is 12.4. The first-order valence-electron chi connectivity index (χ1n) is 19.3. The Kier molecular flexibility index (Phi) is 12.0. The van der Waals surface area contributed by atoms with Crippen LogP contribution in [0.2, 0.25) is 0 Å². The van der Waals surface area contributed by atoms with Crippen molar-refractivity contribution in [1.82, 2.24) is 30.2 Å². The molecule has 4 amide bonds. The van der Waals surface area contributed by atoms with E-state index in [1.807, 2.05) is 19.9 Å². The van der Waals surface area contributed by atoms with Crippen LogP contribution in [0.5, 0.6) is 5.88 Å². The number of benzene rings is 1. The zero-order chi connectivity index (χ0) is 40.3. The first kappa shape index (κ1) is 41.0. The lowest BCUT2D eigenvalue weighted by molar-refractivity contribution is -0.139. The normalized spacial score (nSPS) is 27.2. The fourth-order valence-corrected chi connectivity index (χ4v) is 8.37. The number of fused-ring (bicyclic) bond motifs is 4. The summed E-state index contributed by atoms with van der Waals surface area (Å²) in [6, 6.07) is 5.16. The molecule has 2 bridgehead atoms. The number of hydrogen-bond acceptors (Lipinski definition) is 10. The van der Waals surface area contributed by atoms with Crippen LogP contribution in [0.3, 0.4) is 0 Å². The van der Waals surface area contributed by atoms with E-state index >= 15 is 8.78 Å². The highest BCUT2D eigenvalue weighted by Crippen LogP contribution is 2.46. The van der Waals surface area contributed by atoms with E-state index in [2.05, 4.69) is 32.2 Å². The van der Waals surface area contributed by atoms with Crippen molar-refractivity contribution in [2.75, 3.05) is 19.7 Å². The number of hydrogen-bond donors (Lipinski definition) is 3. The minimum Gasteiger partial charge on any atom is -0.471 e. The largest absolute Gasteiger partial charge is 0.471 e. The summed E-state index contributed by atoms with van der Waals surface area (Å²) < 4.78 is 71.2. The van der Waals surface area contributed by atoms with Crippen LogP contribution in [0.4, 0.5) is 13.6 Å². The van der Waals surface area contributed by atoms with Crippen molar-refractivity contribution in [3.63, 3.8) is 0 Å².